The van der Waals surface area contributed by atoms with Gasteiger partial charge in [0, 0.05) is 19.2 Å². The summed E-state index contributed by atoms with van der Waals surface area (Å²) in [7, 11) is 0. The van der Waals surface area contributed by atoms with E-state index in [0.29, 0.717) is 29.0 Å². The van der Waals surface area contributed by atoms with Crippen LogP contribution in [0.3, 0.4) is 0 Å². The predicted octanol–water partition coefficient (Wildman–Crippen LogP) is 2.62. The standard InChI is InChI=1S/C15H24BrN3O2/c1-15(2,3)12(6-7-20)18-11-8-17-19(9-10-4-5-10)14(21)13(11)16/h8,10,12,18,20H,4-7,9H2,1-3H3. The monoisotopic (exact) mass is 357 g/mol. The van der Waals surface area contributed by atoms with Gasteiger partial charge >= 0.3 is 0 Å². The second-order valence-corrected chi connectivity index (χ2v) is 7.67. The van der Waals surface area contributed by atoms with Gasteiger partial charge in [0.25, 0.3) is 5.56 Å². The molecule has 1 heterocycles. The van der Waals surface area contributed by atoms with Crippen LogP contribution in [-0.4, -0.2) is 27.5 Å². The Hall–Kier alpha value is -0.880. The van der Waals surface area contributed by atoms with Crippen LogP contribution in [0.1, 0.15) is 40.0 Å². The zero-order valence-corrected chi connectivity index (χ0v) is 14.5. The second-order valence-electron chi connectivity index (χ2n) is 6.88. The Balaban J connectivity index is 2.19. The summed E-state index contributed by atoms with van der Waals surface area (Å²) in [4.78, 5) is 12.3. The summed E-state index contributed by atoms with van der Waals surface area (Å²) in [6.07, 6.45) is 4.70. The van der Waals surface area contributed by atoms with Gasteiger partial charge in [0.05, 0.1) is 11.9 Å². The summed E-state index contributed by atoms with van der Waals surface area (Å²) in [5.41, 5.74) is 0.578. The molecule has 1 aromatic heterocycles. The van der Waals surface area contributed by atoms with Gasteiger partial charge in [-0.3, -0.25) is 4.79 Å². The van der Waals surface area contributed by atoms with Crippen LogP contribution in [0.4, 0.5) is 5.69 Å². The fraction of sp³-hybridized carbons (Fsp3) is 0.733. The minimum absolute atomic E-state index is 0.0228. The Bertz CT molecular complexity index is 547. The minimum Gasteiger partial charge on any atom is -0.396 e. The number of aliphatic hydroxyl groups excluding tert-OH is 1. The Morgan fingerprint density at radius 1 is 1.52 bits per heavy atom. The van der Waals surface area contributed by atoms with Crippen molar-refractivity contribution in [2.24, 2.45) is 11.3 Å². The molecule has 0 amide bonds. The summed E-state index contributed by atoms with van der Waals surface area (Å²) in [5.74, 6) is 0.609. The third-order valence-electron chi connectivity index (χ3n) is 3.91. The Labute approximate surface area is 133 Å². The molecule has 6 heteroatoms. The first-order chi connectivity index (χ1) is 9.82. The van der Waals surface area contributed by atoms with E-state index in [9.17, 15) is 9.90 Å². The number of halogens is 1. The number of anilines is 1. The van der Waals surface area contributed by atoms with E-state index in [1.807, 2.05) is 0 Å². The summed E-state index contributed by atoms with van der Waals surface area (Å²) < 4.78 is 2.05. The lowest BCUT2D eigenvalue weighted by Gasteiger charge is -2.32. The number of nitrogens with zero attached hydrogens (tertiary/aromatic N) is 2. The van der Waals surface area contributed by atoms with Crippen LogP contribution < -0.4 is 10.9 Å². The summed E-state index contributed by atoms with van der Waals surface area (Å²) in [6.45, 7) is 7.14. The van der Waals surface area contributed by atoms with Crippen molar-refractivity contribution in [2.75, 3.05) is 11.9 Å². The molecule has 1 unspecified atom stereocenters. The highest BCUT2D eigenvalue weighted by molar-refractivity contribution is 9.10. The van der Waals surface area contributed by atoms with Crippen molar-refractivity contribution >= 4 is 21.6 Å². The Morgan fingerprint density at radius 2 is 2.19 bits per heavy atom. The molecule has 1 atom stereocenters. The van der Waals surface area contributed by atoms with Crippen molar-refractivity contribution < 1.29 is 5.11 Å². The number of hydrogen-bond donors (Lipinski definition) is 2. The van der Waals surface area contributed by atoms with Crippen LogP contribution >= 0.6 is 15.9 Å². The van der Waals surface area contributed by atoms with Gasteiger partial charge in [0.1, 0.15) is 4.47 Å². The van der Waals surface area contributed by atoms with E-state index in [1.165, 1.54) is 17.5 Å². The minimum atomic E-state index is -0.0939. The molecular formula is C15H24BrN3O2. The molecular weight excluding hydrogens is 334 g/mol. The molecule has 0 bridgehead atoms. The molecule has 0 aromatic carbocycles. The van der Waals surface area contributed by atoms with Gasteiger partial charge in [0.2, 0.25) is 0 Å². The van der Waals surface area contributed by atoms with Gasteiger partial charge in [-0.05, 0) is 46.5 Å². The van der Waals surface area contributed by atoms with Gasteiger partial charge in [0.15, 0.2) is 0 Å². The van der Waals surface area contributed by atoms with Crippen LogP contribution in [0.2, 0.25) is 0 Å². The Morgan fingerprint density at radius 3 is 2.71 bits per heavy atom. The number of nitrogens with one attached hydrogen (secondary N) is 1. The molecule has 2 rings (SSSR count). The second kappa shape index (κ2) is 6.48. The number of hydrogen-bond acceptors (Lipinski definition) is 4. The summed E-state index contributed by atoms with van der Waals surface area (Å²) in [5, 5.41) is 16.8. The maximum atomic E-state index is 12.3. The third-order valence-corrected chi connectivity index (χ3v) is 4.67. The first-order valence-electron chi connectivity index (χ1n) is 7.46. The van der Waals surface area contributed by atoms with Crippen molar-refractivity contribution in [2.45, 2.75) is 52.6 Å². The van der Waals surface area contributed by atoms with Crippen LogP contribution in [-0.2, 0) is 6.54 Å². The SMILES string of the molecule is CC(C)(C)C(CCO)Nc1cnn(CC2CC2)c(=O)c1Br. The Kier molecular flexibility index (Phi) is 5.09. The van der Waals surface area contributed by atoms with Crippen LogP contribution in [0.15, 0.2) is 15.5 Å². The molecule has 5 nitrogen and oxygen atoms in total. The van der Waals surface area contributed by atoms with Gasteiger partial charge < -0.3 is 10.4 Å². The van der Waals surface area contributed by atoms with E-state index in [-0.39, 0.29) is 23.6 Å². The van der Waals surface area contributed by atoms with E-state index in [1.54, 1.807) is 6.20 Å². The van der Waals surface area contributed by atoms with Crippen molar-refractivity contribution in [1.82, 2.24) is 9.78 Å². The van der Waals surface area contributed by atoms with Gasteiger partial charge in [-0.1, -0.05) is 20.8 Å². The van der Waals surface area contributed by atoms with E-state index >= 15 is 0 Å². The smallest absolute Gasteiger partial charge is 0.283 e. The van der Waals surface area contributed by atoms with Crippen LogP contribution in [0, 0.1) is 11.3 Å². The third kappa shape index (κ3) is 4.30. The molecule has 1 aliphatic carbocycles. The fourth-order valence-corrected chi connectivity index (χ4v) is 2.70. The lowest BCUT2D eigenvalue weighted by atomic mass is 9.85. The highest BCUT2D eigenvalue weighted by Crippen LogP contribution is 2.31. The van der Waals surface area contributed by atoms with E-state index in [0.717, 1.165) is 0 Å². The lowest BCUT2D eigenvalue weighted by molar-refractivity contribution is 0.235. The molecule has 0 radical (unpaired) electrons. The molecule has 1 saturated carbocycles. The van der Waals surface area contributed by atoms with Crippen LogP contribution in [0.25, 0.3) is 0 Å². The quantitative estimate of drug-likeness (QED) is 0.821. The maximum absolute atomic E-state index is 12.3. The number of aromatic nitrogens is 2. The molecule has 2 N–H and O–H groups in total. The summed E-state index contributed by atoms with van der Waals surface area (Å²) in [6, 6.07) is 0.0688. The maximum Gasteiger partial charge on any atom is 0.283 e. The molecule has 21 heavy (non-hydrogen) atoms. The molecule has 118 valence electrons. The van der Waals surface area contributed by atoms with Gasteiger partial charge in [-0.25, -0.2) is 4.68 Å². The highest BCUT2D eigenvalue weighted by atomic mass is 79.9. The normalized spacial score (nSPS) is 16.8. The van der Waals surface area contributed by atoms with E-state index in [2.05, 4.69) is 47.1 Å². The first kappa shape index (κ1) is 16.5. The largest absolute Gasteiger partial charge is 0.396 e. The highest BCUT2D eigenvalue weighted by Gasteiger charge is 2.26. The molecule has 0 spiro atoms. The van der Waals surface area contributed by atoms with Crippen molar-refractivity contribution in [3.63, 3.8) is 0 Å². The zero-order valence-electron chi connectivity index (χ0n) is 12.9. The van der Waals surface area contributed by atoms with Gasteiger partial charge in [-0.2, -0.15) is 5.10 Å². The molecule has 0 saturated heterocycles. The molecule has 1 aliphatic rings. The van der Waals surface area contributed by atoms with Gasteiger partial charge in [-0.15, -0.1) is 0 Å². The number of rotatable bonds is 6. The van der Waals surface area contributed by atoms with Crippen molar-refractivity contribution in [3.8, 4) is 0 Å². The van der Waals surface area contributed by atoms with Crippen molar-refractivity contribution in [3.05, 3.63) is 21.0 Å². The van der Waals surface area contributed by atoms with E-state index in [4.69, 9.17) is 0 Å². The molecule has 0 aliphatic heterocycles. The van der Waals surface area contributed by atoms with Crippen LogP contribution in [0.5, 0.6) is 0 Å². The average Bonchev–Trinajstić information content (AvgIpc) is 3.20. The number of aliphatic hydroxyl groups is 1. The molecule has 1 aromatic rings. The molecule has 1 fully saturated rings. The summed E-state index contributed by atoms with van der Waals surface area (Å²) >= 11 is 3.39. The van der Waals surface area contributed by atoms with E-state index < -0.39 is 0 Å². The average molecular weight is 358 g/mol. The topological polar surface area (TPSA) is 67.2 Å². The predicted molar refractivity (Wildman–Crippen MR) is 87.5 cm³/mol. The lowest BCUT2D eigenvalue weighted by Crippen LogP contribution is -2.36. The zero-order chi connectivity index (χ0) is 15.6. The first-order valence-corrected chi connectivity index (χ1v) is 8.25. The van der Waals surface area contributed by atoms with Crippen molar-refractivity contribution in [1.29, 1.82) is 0 Å². The fourth-order valence-electron chi connectivity index (χ4n) is 2.28.